The van der Waals surface area contributed by atoms with E-state index in [0.29, 0.717) is 18.4 Å². The average molecular weight is 531 g/mol. The fourth-order valence-electron chi connectivity index (χ4n) is 4.74. The summed E-state index contributed by atoms with van der Waals surface area (Å²) in [4.78, 5) is 37.3. The van der Waals surface area contributed by atoms with E-state index in [2.05, 4.69) is 45.0 Å². The second kappa shape index (κ2) is 14.2. The summed E-state index contributed by atoms with van der Waals surface area (Å²) in [5.74, 6) is -0.675. The Balaban J connectivity index is 1.83. The van der Waals surface area contributed by atoms with Crippen molar-refractivity contribution in [2.45, 2.75) is 60.0 Å². The highest BCUT2D eigenvalue weighted by Crippen LogP contribution is 2.34. The van der Waals surface area contributed by atoms with Gasteiger partial charge in [-0.3, -0.25) is 9.59 Å². The zero-order chi connectivity index (χ0) is 27.7. The van der Waals surface area contributed by atoms with Gasteiger partial charge in [0.2, 0.25) is 0 Å². The van der Waals surface area contributed by atoms with Gasteiger partial charge in [-0.1, -0.05) is 99.6 Å². The third-order valence-electron chi connectivity index (χ3n) is 6.96. The molecule has 0 fully saturated rings. The van der Waals surface area contributed by atoms with E-state index in [4.69, 9.17) is 4.74 Å². The second-order valence-electron chi connectivity index (χ2n) is 10.4. The van der Waals surface area contributed by atoms with E-state index in [1.807, 2.05) is 60.7 Å². The molecule has 38 heavy (non-hydrogen) atoms. The average Bonchev–Trinajstić information content (AvgIpc) is 2.89. The minimum absolute atomic E-state index is 0.0820. The molecule has 0 N–H and O–H groups in total. The third-order valence-corrected chi connectivity index (χ3v) is 9.46. The molecule has 5 heteroatoms. The van der Waals surface area contributed by atoms with Gasteiger partial charge in [0.25, 0.3) is 0 Å². The smallest absolute Gasteiger partial charge is 0.339 e. The van der Waals surface area contributed by atoms with E-state index < -0.39 is 13.8 Å². The van der Waals surface area contributed by atoms with Crippen LogP contribution in [-0.2, 0) is 14.3 Å². The van der Waals surface area contributed by atoms with Crippen molar-refractivity contribution in [3.05, 3.63) is 90.5 Å². The lowest BCUT2D eigenvalue weighted by Crippen LogP contribution is -2.30. The van der Waals surface area contributed by atoms with Crippen LogP contribution in [0.25, 0.3) is 0 Å². The molecular weight excluding hydrogens is 491 g/mol. The second-order valence-corrected chi connectivity index (χ2v) is 12.6. The Bertz CT molecular complexity index is 1150. The van der Waals surface area contributed by atoms with E-state index in [-0.39, 0.29) is 35.5 Å². The highest BCUT2D eigenvalue weighted by atomic mass is 31.1. The predicted molar refractivity (Wildman–Crippen MR) is 157 cm³/mol. The van der Waals surface area contributed by atoms with Gasteiger partial charge in [-0.05, 0) is 74.8 Å². The zero-order valence-electron chi connectivity index (χ0n) is 23.1. The number of hydrogen-bond acceptors (Lipinski definition) is 4. The van der Waals surface area contributed by atoms with Gasteiger partial charge in [-0.25, -0.2) is 4.79 Å². The number of ketones is 2. The van der Waals surface area contributed by atoms with Gasteiger partial charge in [-0.15, -0.1) is 0 Å². The van der Waals surface area contributed by atoms with E-state index in [1.54, 1.807) is 0 Å². The number of rotatable bonds is 13. The van der Waals surface area contributed by atoms with Crippen LogP contribution >= 0.6 is 7.92 Å². The van der Waals surface area contributed by atoms with Crippen molar-refractivity contribution in [1.82, 2.24) is 0 Å². The Labute approximate surface area is 228 Å². The van der Waals surface area contributed by atoms with E-state index in [9.17, 15) is 14.4 Å². The monoisotopic (exact) mass is 530 g/mol. The first-order valence-electron chi connectivity index (χ1n) is 13.4. The minimum Gasteiger partial charge on any atom is -0.458 e. The maximum Gasteiger partial charge on any atom is 0.339 e. The SMILES string of the molecule is CC(=O)C(CC[C@@H](C)C[C@H](OC(=O)c1ccccc1P(c1ccccc1)c1ccccc1)C(C)C)C(C)=O. The summed E-state index contributed by atoms with van der Waals surface area (Å²) in [5.41, 5.74) is 0.595. The normalized spacial score (nSPS) is 12.9. The molecule has 0 bridgehead atoms. The van der Waals surface area contributed by atoms with Gasteiger partial charge < -0.3 is 4.74 Å². The highest BCUT2D eigenvalue weighted by Gasteiger charge is 2.27. The van der Waals surface area contributed by atoms with Gasteiger partial charge in [-0.2, -0.15) is 0 Å². The van der Waals surface area contributed by atoms with Crippen molar-refractivity contribution in [3.63, 3.8) is 0 Å². The molecular formula is C33H39O4P. The summed E-state index contributed by atoms with van der Waals surface area (Å²) >= 11 is 0. The summed E-state index contributed by atoms with van der Waals surface area (Å²) in [6, 6.07) is 28.4. The first kappa shape index (κ1) is 29.5. The minimum atomic E-state index is -0.947. The number of Topliss-reactive ketones (excluding diaryl/α,β-unsaturated/α-hetero) is 2. The molecule has 200 valence electrons. The van der Waals surface area contributed by atoms with Crippen LogP contribution in [0.1, 0.15) is 64.2 Å². The Morgan fingerprint density at radius 1 is 0.711 bits per heavy atom. The van der Waals surface area contributed by atoms with Crippen LogP contribution in [0, 0.1) is 17.8 Å². The quantitative estimate of drug-likeness (QED) is 0.149. The van der Waals surface area contributed by atoms with Crippen LogP contribution in [0.4, 0.5) is 0 Å². The lowest BCUT2D eigenvalue weighted by molar-refractivity contribution is -0.130. The molecule has 0 aliphatic heterocycles. The van der Waals surface area contributed by atoms with E-state index in [0.717, 1.165) is 11.7 Å². The Kier molecular flexibility index (Phi) is 11.0. The Hall–Kier alpha value is -3.10. The molecule has 0 saturated heterocycles. The molecule has 0 amide bonds. The maximum absolute atomic E-state index is 13.7. The first-order chi connectivity index (χ1) is 18.2. The molecule has 0 saturated carbocycles. The van der Waals surface area contributed by atoms with Crippen LogP contribution in [0.3, 0.4) is 0 Å². The molecule has 3 rings (SSSR count). The van der Waals surface area contributed by atoms with Crippen LogP contribution in [0.15, 0.2) is 84.9 Å². The van der Waals surface area contributed by atoms with Crippen molar-refractivity contribution >= 4 is 41.4 Å². The number of ether oxygens (including phenoxy) is 1. The Morgan fingerprint density at radius 2 is 1.21 bits per heavy atom. The number of benzene rings is 3. The molecule has 0 aromatic heterocycles. The standard InChI is InChI=1S/C33H39O4P/c1-23(2)31(22-24(3)20-21-29(25(4)34)26(5)35)37-33(36)30-18-12-13-19-32(30)38(27-14-8-6-9-15-27)28-16-10-7-11-17-28/h6-19,23-24,29,31H,20-22H2,1-5H3/t24-,31+/m1/s1. The van der Waals surface area contributed by atoms with Crippen molar-refractivity contribution in [3.8, 4) is 0 Å². The first-order valence-corrected chi connectivity index (χ1v) is 14.7. The topological polar surface area (TPSA) is 60.4 Å². The Morgan fingerprint density at radius 3 is 1.71 bits per heavy atom. The fraction of sp³-hybridized carbons (Fsp3) is 0.364. The van der Waals surface area contributed by atoms with Crippen molar-refractivity contribution in [2.75, 3.05) is 0 Å². The van der Waals surface area contributed by atoms with Gasteiger partial charge >= 0.3 is 5.97 Å². The van der Waals surface area contributed by atoms with Crippen LogP contribution in [-0.4, -0.2) is 23.6 Å². The maximum atomic E-state index is 13.7. The lowest BCUT2D eigenvalue weighted by Gasteiger charge is -2.27. The van der Waals surface area contributed by atoms with E-state index >= 15 is 0 Å². The molecule has 0 heterocycles. The van der Waals surface area contributed by atoms with E-state index in [1.165, 1.54) is 24.5 Å². The van der Waals surface area contributed by atoms with Crippen molar-refractivity contribution < 1.29 is 19.1 Å². The molecule has 3 aromatic carbocycles. The molecule has 0 unspecified atom stereocenters. The highest BCUT2D eigenvalue weighted by molar-refractivity contribution is 7.80. The number of esters is 1. The summed E-state index contributed by atoms with van der Waals surface area (Å²) in [5, 5.41) is 3.33. The summed E-state index contributed by atoms with van der Waals surface area (Å²) < 4.78 is 6.17. The molecule has 0 radical (unpaired) electrons. The molecule has 0 aliphatic rings. The van der Waals surface area contributed by atoms with Gasteiger partial charge in [0.1, 0.15) is 17.7 Å². The molecule has 4 nitrogen and oxygen atoms in total. The number of hydrogen-bond donors (Lipinski definition) is 0. The number of carbonyl (C=O) groups excluding carboxylic acids is 3. The van der Waals surface area contributed by atoms with Gasteiger partial charge in [0.05, 0.1) is 11.5 Å². The van der Waals surface area contributed by atoms with Crippen LogP contribution < -0.4 is 15.9 Å². The van der Waals surface area contributed by atoms with Crippen molar-refractivity contribution in [2.24, 2.45) is 17.8 Å². The summed E-state index contributed by atoms with van der Waals surface area (Å²) in [6.45, 7) is 9.17. The van der Waals surface area contributed by atoms with Gasteiger partial charge in [0, 0.05) is 0 Å². The van der Waals surface area contributed by atoms with Crippen LogP contribution in [0.2, 0.25) is 0 Å². The summed E-state index contributed by atoms with van der Waals surface area (Å²) in [7, 11) is -0.947. The number of carbonyl (C=O) groups is 3. The zero-order valence-corrected chi connectivity index (χ0v) is 24.0. The fourth-order valence-corrected chi connectivity index (χ4v) is 7.18. The summed E-state index contributed by atoms with van der Waals surface area (Å²) in [6.07, 6.45) is 1.68. The molecule has 0 aliphatic carbocycles. The van der Waals surface area contributed by atoms with Gasteiger partial charge in [0.15, 0.2) is 0 Å². The largest absolute Gasteiger partial charge is 0.458 e. The molecule has 0 spiro atoms. The van der Waals surface area contributed by atoms with Crippen molar-refractivity contribution in [1.29, 1.82) is 0 Å². The lowest BCUT2D eigenvalue weighted by atomic mass is 9.87. The third kappa shape index (κ3) is 7.95. The molecule has 3 aromatic rings. The molecule has 2 atom stereocenters. The predicted octanol–water partition coefficient (Wildman–Crippen LogP) is 6.23. The van der Waals surface area contributed by atoms with Crippen LogP contribution in [0.5, 0.6) is 0 Å².